The summed E-state index contributed by atoms with van der Waals surface area (Å²) < 4.78 is 0. The summed E-state index contributed by atoms with van der Waals surface area (Å²) >= 11 is 0. The van der Waals surface area contributed by atoms with Crippen molar-refractivity contribution in [1.82, 2.24) is 0 Å². The Labute approximate surface area is 90.5 Å². The van der Waals surface area contributed by atoms with Gasteiger partial charge in [-0.15, -0.1) is 0 Å². The third-order valence-electron chi connectivity index (χ3n) is 4.32. The molecule has 2 saturated carbocycles. The molecule has 0 spiro atoms. The molecule has 1 aromatic carbocycles. The van der Waals surface area contributed by atoms with E-state index in [9.17, 15) is 4.79 Å². The molecule has 2 aliphatic carbocycles. The van der Waals surface area contributed by atoms with Crippen molar-refractivity contribution in [3.05, 3.63) is 35.9 Å². The second kappa shape index (κ2) is 3.48. The van der Waals surface area contributed by atoms with Gasteiger partial charge in [0, 0.05) is 5.92 Å². The van der Waals surface area contributed by atoms with Crippen LogP contribution < -0.4 is 0 Å². The number of rotatable bonds is 2. The van der Waals surface area contributed by atoms with Gasteiger partial charge in [0.2, 0.25) is 0 Å². The first-order chi connectivity index (χ1) is 7.40. The Morgan fingerprint density at radius 3 is 2.53 bits per heavy atom. The average Bonchev–Trinajstić information content (AvgIpc) is 2.89. The van der Waals surface area contributed by atoms with Crippen molar-refractivity contribution in [2.75, 3.05) is 0 Å². The monoisotopic (exact) mass is 200 g/mol. The van der Waals surface area contributed by atoms with E-state index in [2.05, 4.69) is 24.3 Å². The fourth-order valence-electron chi connectivity index (χ4n) is 3.70. The largest absolute Gasteiger partial charge is 0.303 e. The number of fused-ring (bicyclic) bond motifs is 2. The van der Waals surface area contributed by atoms with E-state index in [0.29, 0.717) is 17.8 Å². The first-order valence-electron chi connectivity index (χ1n) is 5.90. The molecule has 0 radical (unpaired) electrons. The van der Waals surface area contributed by atoms with E-state index >= 15 is 0 Å². The van der Waals surface area contributed by atoms with Gasteiger partial charge < -0.3 is 4.79 Å². The lowest BCUT2D eigenvalue weighted by molar-refractivity contribution is -0.112. The maximum Gasteiger partial charge on any atom is 0.123 e. The first-order valence-corrected chi connectivity index (χ1v) is 5.90. The lowest BCUT2D eigenvalue weighted by atomic mass is 9.76. The quantitative estimate of drug-likeness (QED) is 0.671. The highest BCUT2D eigenvalue weighted by atomic mass is 16.1. The van der Waals surface area contributed by atoms with Crippen LogP contribution in [0.4, 0.5) is 0 Å². The van der Waals surface area contributed by atoms with Crippen molar-refractivity contribution < 1.29 is 4.79 Å². The molecule has 1 aromatic rings. The molecule has 2 bridgehead atoms. The second-order valence-electron chi connectivity index (χ2n) is 4.98. The van der Waals surface area contributed by atoms with E-state index < -0.39 is 0 Å². The number of carbonyl (C=O) groups is 1. The SMILES string of the molecule is O=C[C@@H]1[C@H]2CC[C@H](C2)[C@@H]1c1ccccc1. The standard InChI is InChI=1S/C14H16O/c15-9-13-11-6-7-12(8-11)14(13)10-4-2-1-3-5-10/h1-5,9,11-14H,6-8H2/t11-,12+,13+,14-/m0/s1. The van der Waals surface area contributed by atoms with Crippen molar-refractivity contribution in [2.45, 2.75) is 25.2 Å². The summed E-state index contributed by atoms with van der Waals surface area (Å²) in [6.07, 6.45) is 5.09. The van der Waals surface area contributed by atoms with Crippen LogP contribution in [0.15, 0.2) is 30.3 Å². The Morgan fingerprint density at radius 2 is 1.80 bits per heavy atom. The van der Waals surface area contributed by atoms with Gasteiger partial charge in [-0.25, -0.2) is 0 Å². The third-order valence-corrected chi connectivity index (χ3v) is 4.32. The molecule has 1 nitrogen and oxygen atoms in total. The van der Waals surface area contributed by atoms with Gasteiger partial charge in [-0.1, -0.05) is 30.3 Å². The fraction of sp³-hybridized carbons (Fsp3) is 0.500. The molecule has 3 rings (SSSR count). The molecule has 0 N–H and O–H groups in total. The summed E-state index contributed by atoms with van der Waals surface area (Å²) in [6, 6.07) is 10.6. The van der Waals surface area contributed by atoms with Crippen LogP contribution in [0.1, 0.15) is 30.7 Å². The van der Waals surface area contributed by atoms with Crippen molar-refractivity contribution in [1.29, 1.82) is 0 Å². The van der Waals surface area contributed by atoms with E-state index in [-0.39, 0.29) is 0 Å². The van der Waals surface area contributed by atoms with Gasteiger partial charge >= 0.3 is 0 Å². The Morgan fingerprint density at radius 1 is 1.07 bits per heavy atom. The molecular formula is C14H16O. The van der Waals surface area contributed by atoms with E-state index in [1.165, 1.54) is 31.1 Å². The number of hydrogen-bond acceptors (Lipinski definition) is 1. The summed E-state index contributed by atoms with van der Waals surface area (Å²) in [5.74, 6) is 2.26. The number of hydrogen-bond donors (Lipinski definition) is 0. The number of aldehydes is 1. The molecule has 15 heavy (non-hydrogen) atoms. The molecule has 78 valence electrons. The molecule has 2 aliphatic rings. The maximum absolute atomic E-state index is 11.2. The molecule has 0 heterocycles. The summed E-state index contributed by atoms with van der Waals surface area (Å²) in [6.45, 7) is 0. The van der Waals surface area contributed by atoms with Crippen LogP contribution in [-0.2, 0) is 4.79 Å². The van der Waals surface area contributed by atoms with Crippen LogP contribution in [0.3, 0.4) is 0 Å². The van der Waals surface area contributed by atoms with Crippen LogP contribution in [0.25, 0.3) is 0 Å². The summed E-state index contributed by atoms with van der Waals surface area (Å²) in [4.78, 5) is 11.2. The van der Waals surface area contributed by atoms with Gasteiger partial charge in [-0.05, 0) is 42.6 Å². The van der Waals surface area contributed by atoms with Gasteiger partial charge in [-0.3, -0.25) is 0 Å². The van der Waals surface area contributed by atoms with Crippen LogP contribution in [0.2, 0.25) is 0 Å². The second-order valence-corrected chi connectivity index (χ2v) is 4.98. The van der Waals surface area contributed by atoms with E-state index in [1.54, 1.807) is 0 Å². The van der Waals surface area contributed by atoms with Crippen LogP contribution in [0.5, 0.6) is 0 Å². The zero-order valence-corrected chi connectivity index (χ0v) is 8.80. The van der Waals surface area contributed by atoms with E-state index in [4.69, 9.17) is 0 Å². The first kappa shape index (κ1) is 9.14. The zero-order valence-electron chi connectivity index (χ0n) is 8.80. The summed E-state index contributed by atoms with van der Waals surface area (Å²) in [5.41, 5.74) is 1.38. The predicted octanol–water partition coefficient (Wildman–Crippen LogP) is 3.02. The normalized spacial score (nSPS) is 38.1. The smallest absolute Gasteiger partial charge is 0.123 e. The Balaban J connectivity index is 1.95. The van der Waals surface area contributed by atoms with E-state index in [1.807, 2.05) is 6.07 Å². The Hall–Kier alpha value is -1.11. The minimum atomic E-state index is 0.297. The minimum Gasteiger partial charge on any atom is -0.303 e. The highest BCUT2D eigenvalue weighted by Crippen LogP contribution is 2.55. The lowest BCUT2D eigenvalue weighted by Gasteiger charge is -2.27. The lowest BCUT2D eigenvalue weighted by Crippen LogP contribution is -2.21. The molecule has 4 atom stereocenters. The van der Waals surface area contributed by atoms with Crippen molar-refractivity contribution in [3.63, 3.8) is 0 Å². The van der Waals surface area contributed by atoms with Gasteiger partial charge in [0.1, 0.15) is 6.29 Å². The van der Waals surface area contributed by atoms with Crippen molar-refractivity contribution in [2.24, 2.45) is 17.8 Å². The predicted molar refractivity (Wildman–Crippen MR) is 59.6 cm³/mol. The molecular weight excluding hydrogens is 184 g/mol. The zero-order chi connectivity index (χ0) is 10.3. The third kappa shape index (κ3) is 1.33. The molecule has 2 fully saturated rings. The minimum absolute atomic E-state index is 0.297. The molecule has 1 heteroatoms. The van der Waals surface area contributed by atoms with Gasteiger partial charge in [0.05, 0.1) is 0 Å². The Kier molecular flexibility index (Phi) is 2.12. The molecule has 0 amide bonds. The van der Waals surface area contributed by atoms with E-state index in [0.717, 1.165) is 5.92 Å². The van der Waals surface area contributed by atoms with Crippen molar-refractivity contribution >= 4 is 6.29 Å². The highest BCUT2D eigenvalue weighted by molar-refractivity contribution is 5.58. The fourth-order valence-corrected chi connectivity index (χ4v) is 3.70. The Bertz CT molecular complexity index is 357. The summed E-state index contributed by atoms with van der Waals surface area (Å²) in [7, 11) is 0. The molecule has 0 saturated heterocycles. The topological polar surface area (TPSA) is 17.1 Å². The van der Waals surface area contributed by atoms with Crippen LogP contribution in [-0.4, -0.2) is 6.29 Å². The maximum atomic E-state index is 11.2. The highest BCUT2D eigenvalue weighted by Gasteiger charge is 2.47. The average molecular weight is 200 g/mol. The number of benzene rings is 1. The van der Waals surface area contributed by atoms with Crippen LogP contribution >= 0.6 is 0 Å². The van der Waals surface area contributed by atoms with Gasteiger partial charge in [0.25, 0.3) is 0 Å². The van der Waals surface area contributed by atoms with Crippen LogP contribution in [0, 0.1) is 17.8 Å². The molecule has 0 aliphatic heterocycles. The van der Waals surface area contributed by atoms with Gasteiger partial charge in [-0.2, -0.15) is 0 Å². The van der Waals surface area contributed by atoms with Gasteiger partial charge in [0.15, 0.2) is 0 Å². The summed E-state index contributed by atoms with van der Waals surface area (Å²) in [5, 5.41) is 0. The number of carbonyl (C=O) groups excluding carboxylic acids is 1. The van der Waals surface area contributed by atoms with Crippen molar-refractivity contribution in [3.8, 4) is 0 Å². The molecule has 0 unspecified atom stereocenters. The molecule has 0 aromatic heterocycles.